The number of carbonyl (C=O) groups is 3. The van der Waals surface area contributed by atoms with E-state index in [4.69, 9.17) is 0 Å². The lowest BCUT2D eigenvalue weighted by atomic mass is 9.92. The molecule has 2 heterocycles. The van der Waals surface area contributed by atoms with Crippen molar-refractivity contribution in [2.24, 2.45) is 0 Å². The fourth-order valence-electron chi connectivity index (χ4n) is 4.76. The van der Waals surface area contributed by atoms with Crippen LogP contribution in [0, 0.1) is 0 Å². The van der Waals surface area contributed by atoms with Crippen molar-refractivity contribution in [3.63, 3.8) is 0 Å². The van der Waals surface area contributed by atoms with Crippen molar-refractivity contribution in [2.45, 2.75) is 31.3 Å². The lowest BCUT2D eigenvalue weighted by molar-refractivity contribution is -0.139. The van der Waals surface area contributed by atoms with Crippen LogP contribution in [0.1, 0.15) is 28.0 Å². The van der Waals surface area contributed by atoms with Crippen molar-refractivity contribution in [1.82, 2.24) is 15.1 Å². The van der Waals surface area contributed by atoms with Crippen LogP contribution in [0.15, 0.2) is 72.1 Å². The molecule has 1 aliphatic heterocycles. The van der Waals surface area contributed by atoms with Crippen LogP contribution >= 0.6 is 11.3 Å². The number of aryl methyl sites for hydroxylation is 1. The van der Waals surface area contributed by atoms with Crippen molar-refractivity contribution in [2.75, 3.05) is 13.1 Å². The molecule has 1 atom stereocenters. The maximum absolute atomic E-state index is 13.4. The Morgan fingerprint density at radius 2 is 1.82 bits per heavy atom. The number of rotatable bonds is 7. The average molecular weight is 460 g/mol. The van der Waals surface area contributed by atoms with Gasteiger partial charge in [0, 0.05) is 11.4 Å². The van der Waals surface area contributed by atoms with Gasteiger partial charge in [-0.3, -0.25) is 14.5 Å². The number of nitrogens with zero attached hydrogens (tertiary/aromatic N) is 2. The summed E-state index contributed by atoms with van der Waals surface area (Å²) in [7, 11) is 0. The zero-order valence-corrected chi connectivity index (χ0v) is 19.0. The number of fused-ring (bicyclic) bond motifs is 2. The number of benzene rings is 2. The molecule has 1 aromatic heterocycles. The lowest BCUT2D eigenvalue weighted by Gasteiger charge is -2.25. The van der Waals surface area contributed by atoms with Gasteiger partial charge in [0.2, 0.25) is 5.91 Å². The Labute approximate surface area is 196 Å². The first kappa shape index (κ1) is 21.4. The predicted molar refractivity (Wildman–Crippen MR) is 127 cm³/mol. The molecule has 1 unspecified atom stereocenters. The van der Waals surface area contributed by atoms with Crippen LogP contribution in [0.25, 0.3) is 0 Å². The molecule has 1 fully saturated rings. The molecule has 2 aromatic carbocycles. The second-order valence-electron chi connectivity index (χ2n) is 8.51. The van der Waals surface area contributed by atoms with Crippen LogP contribution in [0.4, 0.5) is 4.79 Å². The SMILES string of the molecule is O=C(CN1C(=O)NC2(CCc3ccccc32)C1=O)N(CCc1ccccc1)Cc1cccs1. The molecule has 6 nitrogen and oxygen atoms in total. The fraction of sp³-hybridized carbons (Fsp3) is 0.269. The maximum atomic E-state index is 13.4. The normalized spacial score (nSPS) is 19.1. The van der Waals surface area contributed by atoms with Crippen molar-refractivity contribution < 1.29 is 14.4 Å². The summed E-state index contributed by atoms with van der Waals surface area (Å²) in [6.45, 7) is 0.716. The van der Waals surface area contributed by atoms with Gasteiger partial charge in [-0.1, -0.05) is 60.7 Å². The molecule has 0 bridgehead atoms. The van der Waals surface area contributed by atoms with Crippen molar-refractivity contribution in [1.29, 1.82) is 0 Å². The molecule has 1 N–H and O–H groups in total. The smallest absolute Gasteiger partial charge is 0.325 e. The second-order valence-corrected chi connectivity index (χ2v) is 9.55. The Balaban J connectivity index is 1.33. The Hall–Kier alpha value is -3.45. The number of thiophene rings is 1. The number of hydrogen-bond donors (Lipinski definition) is 1. The molecule has 5 rings (SSSR count). The molecule has 7 heteroatoms. The molecule has 0 radical (unpaired) electrons. The van der Waals surface area contributed by atoms with Gasteiger partial charge in [-0.25, -0.2) is 4.79 Å². The van der Waals surface area contributed by atoms with E-state index in [1.54, 1.807) is 16.2 Å². The Morgan fingerprint density at radius 1 is 1.03 bits per heavy atom. The minimum atomic E-state index is -1.05. The average Bonchev–Trinajstić information content (AvgIpc) is 3.54. The summed E-state index contributed by atoms with van der Waals surface area (Å²) in [5.74, 6) is -0.559. The summed E-state index contributed by atoms with van der Waals surface area (Å²) < 4.78 is 0. The van der Waals surface area contributed by atoms with E-state index in [1.165, 1.54) is 0 Å². The zero-order chi connectivity index (χ0) is 22.8. The quantitative estimate of drug-likeness (QED) is 0.548. The highest BCUT2D eigenvalue weighted by atomic mass is 32.1. The van der Waals surface area contributed by atoms with Gasteiger partial charge in [-0.05, 0) is 47.4 Å². The summed E-state index contributed by atoms with van der Waals surface area (Å²) in [5.41, 5.74) is 2.01. The molecule has 1 spiro atoms. The molecule has 3 aromatic rings. The second kappa shape index (κ2) is 8.83. The van der Waals surface area contributed by atoms with E-state index < -0.39 is 11.6 Å². The van der Waals surface area contributed by atoms with E-state index >= 15 is 0 Å². The van der Waals surface area contributed by atoms with Gasteiger partial charge in [0.25, 0.3) is 5.91 Å². The first-order valence-corrected chi connectivity index (χ1v) is 12.0. The van der Waals surface area contributed by atoms with Crippen LogP contribution in [0.3, 0.4) is 0 Å². The number of nitrogens with one attached hydrogen (secondary N) is 1. The largest absolute Gasteiger partial charge is 0.336 e. The third-order valence-corrected chi connectivity index (χ3v) is 7.37. The van der Waals surface area contributed by atoms with Crippen LogP contribution < -0.4 is 5.32 Å². The number of amides is 4. The highest BCUT2D eigenvalue weighted by molar-refractivity contribution is 7.09. The van der Waals surface area contributed by atoms with Gasteiger partial charge in [0.05, 0.1) is 6.54 Å². The number of urea groups is 1. The first-order valence-electron chi connectivity index (χ1n) is 11.1. The number of imide groups is 1. The minimum Gasteiger partial charge on any atom is -0.336 e. The molecular formula is C26H25N3O3S. The van der Waals surface area contributed by atoms with Gasteiger partial charge in [-0.15, -0.1) is 11.3 Å². The number of carbonyl (C=O) groups excluding carboxylic acids is 3. The molecule has 4 amide bonds. The van der Waals surface area contributed by atoms with Gasteiger partial charge in [-0.2, -0.15) is 0 Å². The minimum absolute atomic E-state index is 0.230. The van der Waals surface area contributed by atoms with Gasteiger partial charge in [0.1, 0.15) is 12.1 Å². The summed E-state index contributed by atoms with van der Waals surface area (Å²) in [6, 6.07) is 21.2. The number of hydrogen-bond acceptors (Lipinski definition) is 4. The van der Waals surface area contributed by atoms with E-state index in [2.05, 4.69) is 5.32 Å². The molecular weight excluding hydrogens is 434 g/mol. The van der Waals surface area contributed by atoms with Crippen molar-refractivity contribution in [3.05, 3.63) is 93.7 Å². The highest BCUT2D eigenvalue weighted by Gasteiger charge is 2.55. The molecule has 168 valence electrons. The van der Waals surface area contributed by atoms with E-state index in [0.29, 0.717) is 25.9 Å². The molecule has 2 aliphatic rings. The third kappa shape index (κ3) is 4.04. The van der Waals surface area contributed by atoms with Gasteiger partial charge >= 0.3 is 6.03 Å². The Bertz CT molecular complexity index is 1180. The summed E-state index contributed by atoms with van der Waals surface area (Å²) in [6.07, 6.45) is 1.95. The predicted octanol–water partition coefficient (Wildman–Crippen LogP) is 3.71. The van der Waals surface area contributed by atoms with Crippen LogP contribution in [0.2, 0.25) is 0 Å². The van der Waals surface area contributed by atoms with E-state index in [0.717, 1.165) is 32.9 Å². The topological polar surface area (TPSA) is 69.7 Å². The molecule has 0 saturated carbocycles. The van der Waals surface area contributed by atoms with E-state index in [9.17, 15) is 14.4 Å². The summed E-state index contributed by atoms with van der Waals surface area (Å²) in [5, 5.41) is 4.88. The Kier molecular flexibility index (Phi) is 5.72. The molecule has 1 saturated heterocycles. The van der Waals surface area contributed by atoms with Crippen molar-refractivity contribution >= 4 is 29.2 Å². The third-order valence-electron chi connectivity index (χ3n) is 6.51. The monoisotopic (exact) mass is 459 g/mol. The van der Waals surface area contributed by atoms with Crippen LogP contribution in [-0.2, 0) is 34.5 Å². The first-order chi connectivity index (χ1) is 16.1. The molecule has 1 aliphatic carbocycles. The van der Waals surface area contributed by atoms with Crippen LogP contribution in [0.5, 0.6) is 0 Å². The van der Waals surface area contributed by atoms with Crippen LogP contribution in [-0.4, -0.2) is 40.7 Å². The molecule has 33 heavy (non-hydrogen) atoms. The van der Waals surface area contributed by atoms with Gasteiger partial charge in [0.15, 0.2) is 0 Å². The van der Waals surface area contributed by atoms with Gasteiger partial charge < -0.3 is 10.2 Å². The van der Waals surface area contributed by atoms with E-state index in [-0.39, 0.29) is 18.4 Å². The van der Waals surface area contributed by atoms with Crippen molar-refractivity contribution in [3.8, 4) is 0 Å². The highest BCUT2D eigenvalue weighted by Crippen LogP contribution is 2.41. The van der Waals surface area contributed by atoms with E-state index in [1.807, 2.05) is 72.1 Å². The lowest BCUT2D eigenvalue weighted by Crippen LogP contribution is -2.45. The Morgan fingerprint density at radius 3 is 2.61 bits per heavy atom. The summed E-state index contributed by atoms with van der Waals surface area (Å²) in [4.78, 5) is 43.5. The zero-order valence-electron chi connectivity index (χ0n) is 18.2. The fourth-order valence-corrected chi connectivity index (χ4v) is 5.48. The standard InChI is InChI=1S/C26H25N3O3S/c30-23(28(17-21-10-6-16-33-21)15-13-19-7-2-1-3-8-19)18-29-24(31)26(27-25(29)32)14-12-20-9-4-5-11-22(20)26/h1-11,16H,12-15,17-18H2,(H,27,32). The summed E-state index contributed by atoms with van der Waals surface area (Å²) >= 11 is 1.59. The maximum Gasteiger partial charge on any atom is 0.325 e.